The molecule has 0 amide bonds. The van der Waals surface area contributed by atoms with Crippen LogP contribution in [0.15, 0.2) is 109 Å². The molecular weight excluding hydrogens is 723 g/mol. The summed E-state index contributed by atoms with van der Waals surface area (Å²) < 4.78 is 12.6. The molecule has 1 N–H and O–H groups in total. The van der Waals surface area contributed by atoms with Crippen molar-refractivity contribution in [1.82, 2.24) is 0 Å². The molecule has 284 valence electrons. The van der Waals surface area contributed by atoms with Crippen LogP contribution in [0.2, 0.25) is 0 Å². The molecule has 2 heterocycles. The number of aryl methyl sites for hydroxylation is 2. The largest absolute Gasteiger partial charge is 0.455 e. The molecule has 7 aromatic rings. The Labute approximate surface area is 332 Å². The minimum absolute atomic E-state index is 0.146. The van der Waals surface area contributed by atoms with Gasteiger partial charge in [-0.15, -0.1) is 0 Å². The number of thiazole rings is 2. The second kappa shape index (κ2) is 17.5. The Hall–Kier alpha value is -5.29. The molecule has 0 fully saturated rings. The number of esters is 1. The van der Waals surface area contributed by atoms with E-state index in [2.05, 4.69) is 118 Å². The Kier molecular flexibility index (Phi) is 12.5. The van der Waals surface area contributed by atoms with E-state index in [1.165, 1.54) is 42.3 Å². The number of benzene rings is 5. The van der Waals surface area contributed by atoms with Crippen molar-refractivity contribution in [3.63, 3.8) is 0 Å². The number of rotatable bonds is 11. The van der Waals surface area contributed by atoms with E-state index < -0.39 is 0 Å². The normalized spacial score (nSPS) is 11.0. The first-order valence-electron chi connectivity index (χ1n) is 18.4. The summed E-state index contributed by atoms with van der Waals surface area (Å²) in [6, 6.07) is 37.6. The number of carbonyl (C=O) groups is 1. The fraction of sp³-hybridized carbons (Fsp3) is 0.267. The van der Waals surface area contributed by atoms with Crippen molar-refractivity contribution >= 4 is 66.1 Å². The highest BCUT2D eigenvalue weighted by atomic mass is 32.1. The third-order valence-corrected chi connectivity index (χ3v) is 11.9. The van der Waals surface area contributed by atoms with Crippen molar-refractivity contribution in [2.45, 2.75) is 26.9 Å². The molecule has 0 bridgehead atoms. The van der Waals surface area contributed by atoms with Crippen LogP contribution in [-0.4, -0.2) is 66.6 Å². The van der Waals surface area contributed by atoms with E-state index in [0.29, 0.717) is 25.3 Å². The van der Waals surface area contributed by atoms with Gasteiger partial charge in [-0.2, -0.15) is 9.13 Å². The summed E-state index contributed by atoms with van der Waals surface area (Å²) in [6.07, 6.45) is 0. The second-order valence-electron chi connectivity index (χ2n) is 14.2. The van der Waals surface area contributed by atoms with Gasteiger partial charge in [0.15, 0.2) is 19.7 Å². The van der Waals surface area contributed by atoms with Crippen molar-refractivity contribution in [3.8, 4) is 21.1 Å². The maximum absolute atomic E-state index is 12.6. The summed E-state index contributed by atoms with van der Waals surface area (Å²) in [5.74, 6) is -0.298. The zero-order valence-corrected chi connectivity index (χ0v) is 34.7. The summed E-state index contributed by atoms with van der Waals surface area (Å²) in [5.41, 5.74) is 11.2. The standard InChI is InChI=1S/C27H30N3O2S.C18H21N2OS/c1-19-6-15-24-25(18-19)33-26(20-7-11-22(12-8-20)28(2)3)30(24)16-17-32-27(31)21-9-13-23(14-10-21)29(4)5;1-13-4-9-16-17(12-13)22-18(20(16)10-11-21)14-5-7-15(8-6-14)19(2)3/h6-15,18H,16-17H2,1-5H3;4-9,12,21H,10-11H2,1-3H3/q2*+1. The zero-order chi connectivity index (χ0) is 39.2. The molecule has 0 aliphatic rings. The molecule has 2 aromatic heterocycles. The average Bonchev–Trinajstić information content (AvgIpc) is 3.72. The van der Waals surface area contributed by atoms with E-state index >= 15 is 0 Å². The third-order valence-electron chi connectivity index (χ3n) is 9.47. The average molecular weight is 774 g/mol. The number of carbonyl (C=O) groups excluding carboxylic acids is 1. The van der Waals surface area contributed by atoms with Crippen LogP contribution in [0, 0.1) is 13.8 Å². The first-order chi connectivity index (χ1) is 26.4. The van der Waals surface area contributed by atoms with Crippen molar-refractivity contribution < 1.29 is 23.8 Å². The van der Waals surface area contributed by atoms with Gasteiger partial charge in [0.25, 0.3) is 10.0 Å². The second-order valence-corrected chi connectivity index (χ2v) is 16.3. The Balaban J connectivity index is 0.000000203. The van der Waals surface area contributed by atoms with Crippen molar-refractivity contribution in [2.75, 3.05) is 70.2 Å². The molecule has 0 aliphatic heterocycles. The van der Waals surface area contributed by atoms with E-state index in [1.54, 1.807) is 22.7 Å². The van der Waals surface area contributed by atoms with Crippen molar-refractivity contribution in [3.05, 3.63) is 126 Å². The smallest absolute Gasteiger partial charge is 0.338 e. The van der Waals surface area contributed by atoms with E-state index in [0.717, 1.165) is 27.5 Å². The maximum Gasteiger partial charge on any atom is 0.338 e. The summed E-state index contributed by atoms with van der Waals surface area (Å²) in [7, 11) is 12.1. The van der Waals surface area contributed by atoms with E-state index in [-0.39, 0.29) is 12.6 Å². The molecule has 0 saturated carbocycles. The Morgan fingerprint density at radius 3 is 1.38 bits per heavy atom. The first kappa shape index (κ1) is 39.4. The SMILES string of the molecule is Cc1ccc2c(c1)sc(-c1ccc(N(C)C)cc1)[n+]2CCO.Cc1ccc2c(c1)sc(-c1ccc(N(C)C)cc1)[n+]2CCOC(=O)c1ccc(N(C)C)cc1. The Bertz CT molecular complexity index is 2380. The quantitative estimate of drug-likeness (QED) is 0.105. The molecule has 5 aromatic carbocycles. The van der Waals surface area contributed by atoms with Crippen LogP contribution in [0.5, 0.6) is 0 Å². The number of fused-ring (bicyclic) bond motifs is 2. The lowest BCUT2D eigenvalue weighted by molar-refractivity contribution is -0.658. The minimum Gasteiger partial charge on any atom is -0.455 e. The van der Waals surface area contributed by atoms with Crippen LogP contribution < -0.4 is 23.8 Å². The van der Waals surface area contributed by atoms with E-state index in [1.807, 2.05) is 71.5 Å². The highest BCUT2D eigenvalue weighted by Crippen LogP contribution is 2.32. The fourth-order valence-electron chi connectivity index (χ4n) is 6.38. The van der Waals surface area contributed by atoms with E-state index in [9.17, 15) is 9.90 Å². The number of aromatic nitrogens is 2. The molecule has 10 heteroatoms. The van der Waals surface area contributed by atoms with Gasteiger partial charge in [0.05, 0.1) is 16.7 Å². The number of ether oxygens (including phenoxy) is 1. The third kappa shape index (κ3) is 9.16. The van der Waals surface area contributed by atoms with Gasteiger partial charge in [0.1, 0.15) is 16.0 Å². The van der Waals surface area contributed by atoms with Gasteiger partial charge < -0.3 is 24.5 Å². The molecule has 0 atom stereocenters. The van der Waals surface area contributed by atoms with Gasteiger partial charge in [-0.3, -0.25) is 0 Å². The first-order valence-corrected chi connectivity index (χ1v) is 20.0. The predicted molar refractivity (Wildman–Crippen MR) is 231 cm³/mol. The summed E-state index contributed by atoms with van der Waals surface area (Å²) in [5, 5.41) is 11.8. The van der Waals surface area contributed by atoms with Crippen LogP contribution in [0.25, 0.3) is 41.6 Å². The van der Waals surface area contributed by atoms with Crippen LogP contribution in [-0.2, 0) is 17.8 Å². The number of nitrogens with zero attached hydrogens (tertiary/aromatic N) is 5. The highest BCUT2D eigenvalue weighted by Gasteiger charge is 2.24. The highest BCUT2D eigenvalue weighted by molar-refractivity contribution is 7.21. The lowest BCUT2D eigenvalue weighted by Crippen LogP contribution is -2.37. The van der Waals surface area contributed by atoms with Crippen LogP contribution in [0.4, 0.5) is 17.1 Å². The monoisotopic (exact) mass is 773 g/mol. The van der Waals surface area contributed by atoms with Crippen LogP contribution in [0.3, 0.4) is 0 Å². The lowest BCUT2D eigenvalue weighted by atomic mass is 10.2. The molecule has 0 aliphatic carbocycles. The molecular formula is C45H51N5O3S2+2. The number of hydrogen-bond donors (Lipinski definition) is 1. The summed E-state index contributed by atoms with van der Waals surface area (Å²) >= 11 is 3.55. The van der Waals surface area contributed by atoms with Gasteiger partial charge in [0, 0.05) is 71.5 Å². The summed E-state index contributed by atoms with van der Waals surface area (Å²) in [4.78, 5) is 18.8. The molecule has 7 rings (SSSR count). The molecule has 0 spiro atoms. The number of anilines is 3. The zero-order valence-electron chi connectivity index (χ0n) is 33.0. The van der Waals surface area contributed by atoms with Crippen molar-refractivity contribution in [2.24, 2.45) is 0 Å². The van der Waals surface area contributed by atoms with Gasteiger partial charge in [0.2, 0.25) is 11.0 Å². The Morgan fingerprint density at radius 1 is 0.582 bits per heavy atom. The molecule has 0 radical (unpaired) electrons. The van der Waals surface area contributed by atoms with Crippen molar-refractivity contribution in [1.29, 1.82) is 0 Å². The maximum atomic E-state index is 12.6. The molecule has 8 nitrogen and oxygen atoms in total. The Morgan fingerprint density at radius 2 is 0.982 bits per heavy atom. The molecule has 0 saturated heterocycles. The topological polar surface area (TPSA) is 64.0 Å². The number of aliphatic hydroxyl groups excluding tert-OH is 1. The lowest BCUT2D eigenvalue weighted by Gasteiger charge is -2.12. The number of hydrogen-bond acceptors (Lipinski definition) is 8. The van der Waals surface area contributed by atoms with Crippen LogP contribution >= 0.6 is 22.7 Å². The van der Waals surface area contributed by atoms with Crippen LogP contribution in [0.1, 0.15) is 21.5 Å². The van der Waals surface area contributed by atoms with Gasteiger partial charge in [-0.1, -0.05) is 34.8 Å². The fourth-order valence-corrected chi connectivity index (χ4v) is 8.96. The predicted octanol–water partition coefficient (Wildman–Crippen LogP) is 8.38. The van der Waals surface area contributed by atoms with Gasteiger partial charge >= 0.3 is 5.97 Å². The molecule has 55 heavy (non-hydrogen) atoms. The molecule has 0 unspecified atom stereocenters. The van der Waals surface area contributed by atoms with Gasteiger partial charge in [-0.25, -0.2) is 4.79 Å². The summed E-state index contributed by atoms with van der Waals surface area (Å²) in [6.45, 7) is 5.89. The van der Waals surface area contributed by atoms with Gasteiger partial charge in [-0.05, 0) is 110 Å². The van der Waals surface area contributed by atoms with E-state index in [4.69, 9.17) is 4.74 Å². The number of aliphatic hydroxyl groups is 1. The minimum atomic E-state index is -0.298.